The Labute approximate surface area is 199 Å². The number of amides is 1. The Kier molecular flexibility index (Phi) is 5.46. The van der Waals surface area contributed by atoms with Gasteiger partial charge in [0.2, 0.25) is 0 Å². The standard InChI is InChI=1S/C25H21N7O3/c1-14-10-21(31-30-14)27-13-19-18-12-16(6-7-20(18)29-24(19)34)22(33)15-4-3-5-17(11-15)28-25(35)23-26-8-9-32(23)2/h3-13,29,34H,1-2H3,(H,28,35)(H,30,31). The van der Waals surface area contributed by atoms with Gasteiger partial charge in [0, 0.05) is 65.1 Å². The smallest absolute Gasteiger partial charge is 0.291 e. The number of ketones is 1. The van der Waals surface area contributed by atoms with Crippen LogP contribution in [0.15, 0.2) is 65.9 Å². The van der Waals surface area contributed by atoms with Crippen LogP contribution in [0.2, 0.25) is 0 Å². The fourth-order valence-corrected chi connectivity index (χ4v) is 3.75. The Balaban J connectivity index is 1.43. The van der Waals surface area contributed by atoms with Crippen LogP contribution in [0.1, 0.15) is 37.8 Å². The number of imidazole rings is 1. The molecule has 0 atom stereocenters. The van der Waals surface area contributed by atoms with E-state index in [4.69, 9.17) is 0 Å². The number of anilines is 1. The van der Waals surface area contributed by atoms with E-state index in [0.29, 0.717) is 39.1 Å². The Morgan fingerprint density at radius 3 is 2.71 bits per heavy atom. The van der Waals surface area contributed by atoms with Gasteiger partial charge in [-0.05, 0) is 37.3 Å². The van der Waals surface area contributed by atoms with Gasteiger partial charge in [-0.3, -0.25) is 14.7 Å². The summed E-state index contributed by atoms with van der Waals surface area (Å²) in [7, 11) is 1.73. The van der Waals surface area contributed by atoms with Crippen LogP contribution in [0.3, 0.4) is 0 Å². The zero-order valence-corrected chi connectivity index (χ0v) is 18.9. The Morgan fingerprint density at radius 1 is 1.14 bits per heavy atom. The molecule has 3 heterocycles. The summed E-state index contributed by atoms with van der Waals surface area (Å²) in [5, 5.41) is 20.7. The van der Waals surface area contributed by atoms with Crippen molar-refractivity contribution in [3.05, 3.63) is 89.1 Å². The third-order valence-corrected chi connectivity index (χ3v) is 5.51. The van der Waals surface area contributed by atoms with E-state index in [1.807, 2.05) is 6.92 Å². The van der Waals surface area contributed by atoms with Crippen LogP contribution in [-0.2, 0) is 7.05 Å². The zero-order chi connectivity index (χ0) is 24.5. The molecule has 4 N–H and O–H groups in total. The second-order valence-corrected chi connectivity index (χ2v) is 8.04. The van der Waals surface area contributed by atoms with Gasteiger partial charge in [0.25, 0.3) is 5.91 Å². The fourth-order valence-electron chi connectivity index (χ4n) is 3.75. The van der Waals surface area contributed by atoms with Gasteiger partial charge in [-0.25, -0.2) is 9.98 Å². The molecule has 0 aliphatic carbocycles. The van der Waals surface area contributed by atoms with Crippen molar-refractivity contribution in [3.8, 4) is 5.88 Å². The van der Waals surface area contributed by atoms with Crippen molar-refractivity contribution in [1.29, 1.82) is 0 Å². The monoisotopic (exact) mass is 467 g/mol. The number of aromatic hydroxyl groups is 1. The normalized spacial score (nSPS) is 11.4. The number of aromatic amines is 2. The highest BCUT2D eigenvalue weighted by Gasteiger charge is 2.16. The first-order valence-electron chi connectivity index (χ1n) is 10.7. The molecule has 0 aliphatic heterocycles. The number of aromatic nitrogens is 5. The molecule has 2 aromatic carbocycles. The van der Waals surface area contributed by atoms with Gasteiger partial charge >= 0.3 is 0 Å². The van der Waals surface area contributed by atoms with E-state index >= 15 is 0 Å². The van der Waals surface area contributed by atoms with Crippen molar-refractivity contribution in [2.45, 2.75) is 6.92 Å². The Hall–Kier alpha value is -4.99. The lowest BCUT2D eigenvalue weighted by Crippen LogP contribution is -2.17. The number of hydrogen-bond donors (Lipinski definition) is 4. The minimum atomic E-state index is -0.373. The van der Waals surface area contributed by atoms with E-state index in [9.17, 15) is 14.7 Å². The van der Waals surface area contributed by atoms with Gasteiger partial charge in [-0.1, -0.05) is 12.1 Å². The molecular weight excluding hydrogens is 446 g/mol. The minimum Gasteiger partial charge on any atom is -0.494 e. The second kappa shape index (κ2) is 8.75. The molecule has 0 bridgehead atoms. The number of carbonyl (C=O) groups is 2. The predicted molar refractivity (Wildman–Crippen MR) is 132 cm³/mol. The molecule has 174 valence electrons. The Morgan fingerprint density at radius 2 is 1.97 bits per heavy atom. The molecule has 0 unspecified atom stereocenters. The third-order valence-electron chi connectivity index (χ3n) is 5.51. The molecule has 10 heteroatoms. The van der Waals surface area contributed by atoms with Crippen LogP contribution < -0.4 is 5.32 Å². The maximum Gasteiger partial charge on any atom is 0.291 e. The van der Waals surface area contributed by atoms with E-state index < -0.39 is 0 Å². The molecule has 0 spiro atoms. The molecular formula is C25H21N7O3. The first kappa shape index (κ1) is 21.8. The van der Waals surface area contributed by atoms with E-state index in [0.717, 1.165) is 5.69 Å². The SMILES string of the molecule is Cc1cc(N=Cc2c(O)[nH]c3ccc(C(=O)c4cccc(NC(=O)c5nccn5C)c4)cc23)n[nH]1. The topological polar surface area (TPSA) is 141 Å². The average molecular weight is 467 g/mol. The number of H-pyrrole nitrogens is 2. The molecule has 5 rings (SSSR count). The first-order chi connectivity index (χ1) is 16.9. The van der Waals surface area contributed by atoms with Crippen LogP contribution in [-0.4, -0.2) is 47.7 Å². The second-order valence-electron chi connectivity index (χ2n) is 8.04. The summed E-state index contributed by atoms with van der Waals surface area (Å²) >= 11 is 0. The third kappa shape index (κ3) is 4.32. The van der Waals surface area contributed by atoms with Gasteiger partial charge < -0.3 is 20.0 Å². The van der Waals surface area contributed by atoms with Gasteiger partial charge in [0.15, 0.2) is 23.3 Å². The van der Waals surface area contributed by atoms with Gasteiger partial charge in [0.05, 0.1) is 5.56 Å². The molecule has 0 radical (unpaired) electrons. The number of rotatable bonds is 6. The predicted octanol–water partition coefficient (Wildman–Crippen LogP) is 3.87. The summed E-state index contributed by atoms with van der Waals surface area (Å²) in [4.78, 5) is 37.0. The maximum absolute atomic E-state index is 13.3. The highest BCUT2D eigenvalue weighted by atomic mass is 16.3. The van der Waals surface area contributed by atoms with Gasteiger partial charge in [0.1, 0.15) is 0 Å². The van der Waals surface area contributed by atoms with E-state index in [1.165, 1.54) is 6.21 Å². The van der Waals surface area contributed by atoms with Gasteiger partial charge in [-0.2, -0.15) is 5.10 Å². The highest BCUT2D eigenvalue weighted by molar-refractivity contribution is 6.13. The van der Waals surface area contributed by atoms with E-state index in [2.05, 4.69) is 30.5 Å². The largest absolute Gasteiger partial charge is 0.494 e. The van der Waals surface area contributed by atoms with E-state index in [1.54, 1.807) is 72.5 Å². The van der Waals surface area contributed by atoms with Crippen LogP contribution in [0, 0.1) is 6.92 Å². The maximum atomic E-state index is 13.3. The number of benzene rings is 2. The summed E-state index contributed by atoms with van der Waals surface area (Å²) < 4.78 is 1.61. The van der Waals surface area contributed by atoms with Crippen molar-refractivity contribution in [2.24, 2.45) is 12.0 Å². The van der Waals surface area contributed by atoms with Crippen LogP contribution >= 0.6 is 0 Å². The fraction of sp³-hybridized carbons (Fsp3) is 0.0800. The Bertz CT molecular complexity index is 1610. The summed E-state index contributed by atoms with van der Waals surface area (Å²) in [5.41, 5.74) is 3.29. The summed E-state index contributed by atoms with van der Waals surface area (Å²) in [6.07, 6.45) is 4.73. The van der Waals surface area contributed by atoms with Crippen molar-refractivity contribution < 1.29 is 14.7 Å². The van der Waals surface area contributed by atoms with Crippen molar-refractivity contribution in [2.75, 3.05) is 5.32 Å². The lowest BCUT2D eigenvalue weighted by molar-refractivity contribution is 0.101. The molecule has 0 saturated carbocycles. The van der Waals surface area contributed by atoms with Crippen molar-refractivity contribution in [1.82, 2.24) is 24.7 Å². The number of nitrogens with zero attached hydrogens (tertiary/aromatic N) is 4. The van der Waals surface area contributed by atoms with Crippen LogP contribution in [0.4, 0.5) is 11.5 Å². The molecule has 35 heavy (non-hydrogen) atoms. The summed E-state index contributed by atoms with van der Waals surface area (Å²) in [5.74, 6) is 0.0833. The zero-order valence-electron chi connectivity index (χ0n) is 18.9. The molecule has 10 nitrogen and oxygen atoms in total. The first-order valence-corrected chi connectivity index (χ1v) is 10.7. The number of hydrogen-bond acceptors (Lipinski definition) is 6. The molecule has 0 aliphatic rings. The lowest BCUT2D eigenvalue weighted by atomic mass is 10.0. The lowest BCUT2D eigenvalue weighted by Gasteiger charge is -2.07. The molecule has 5 aromatic rings. The van der Waals surface area contributed by atoms with Crippen molar-refractivity contribution in [3.63, 3.8) is 0 Å². The van der Waals surface area contributed by atoms with Crippen molar-refractivity contribution >= 4 is 40.3 Å². The summed E-state index contributed by atoms with van der Waals surface area (Å²) in [6.45, 7) is 1.87. The number of aliphatic imine (C=N–C) groups is 1. The molecule has 0 fully saturated rings. The molecule has 0 saturated heterocycles. The number of fused-ring (bicyclic) bond motifs is 1. The molecule has 1 amide bonds. The van der Waals surface area contributed by atoms with E-state index in [-0.39, 0.29) is 23.4 Å². The number of carbonyl (C=O) groups excluding carboxylic acids is 2. The highest BCUT2D eigenvalue weighted by Crippen LogP contribution is 2.28. The van der Waals surface area contributed by atoms with Crippen LogP contribution in [0.5, 0.6) is 5.88 Å². The summed E-state index contributed by atoms with van der Waals surface area (Å²) in [6, 6.07) is 13.6. The number of nitrogens with one attached hydrogen (secondary N) is 3. The van der Waals surface area contributed by atoms with Crippen LogP contribution in [0.25, 0.3) is 10.9 Å². The average Bonchev–Trinajstić information content (AvgIpc) is 3.55. The molecule has 3 aromatic heterocycles. The van der Waals surface area contributed by atoms with Gasteiger partial charge in [-0.15, -0.1) is 0 Å². The quantitative estimate of drug-likeness (QED) is 0.222. The number of aryl methyl sites for hydroxylation is 2. The minimum absolute atomic E-state index is 0.0559.